The van der Waals surface area contributed by atoms with Gasteiger partial charge in [0.2, 0.25) is 0 Å². The quantitative estimate of drug-likeness (QED) is 0.224. The summed E-state index contributed by atoms with van der Waals surface area (Å²) in [7, 11) is 0. The van der Waals surface area contributed by atoms with Gasteiger partial charge in [0.15, 0.2) is 0 Å². The second-order valence-corrected chi connectivity index (χ2v) is 9.31. The Labute approximate surface area is 201 Å². The molecule has 190 valence electrons. The Bertz CT molecular complexity index is 776. The number of benzene rings is 1. The average molecular weight is 479 g/mol. The normalized spacial score (nSPS) is 11.0. The van der Waals surface area contributed by atoms with E-state index in [2.05, 4.69) is 27.7 Å². The lowest BCUT2D eigenvalue weighted by Crippen LogP contribution is -2.19. The Morgan fingerprint density at radius 1 is 0.618 bits per heavy atom. The average Bonchev–Trinajstić information content (AvgIpc) is 2.76. The molecule has 0 fully saturated rings. The van der Waals surface area contributed by atoms with Crippen LogP contribution in [0.3, 0.4) is 0 Å². The third kappa shape index (κ3) is 10.4. The molecule has 8 nitrogen and oxygen atoms in total. The number of unbranched alkanes of at least 4 members (excludes halogenated alkanes) is 4. The molecule has 0 bridgehead atoms. The predicted octanol–water partition coefficient (Wildman–Crippen LogP) is 5.83. The summed E-state index contributed by atoms with van der Waals surface area (Å²) in [5, 5.41) is 19.0. The van der Waals surface area contributed by atoms with Crippen LogP contribution in [0, 0.1) is 11.8 Å². The molecule has 1 aromatic carbocycles. The SMILES string of the molecule is CC(C)CCCCCOC(=O)c1cc(C(=O)OCCCCCC(C)C)c(C(=O)O)cc1C(=O)O. The summed E-state index contributed by atoms with van der Waals surface area (Å²) in [6.45, 7) is 8.72. The fourth-order valence-electron chi connectivity index (χ4n) is 3.44. The highest BCUT2D eigenvalue weighted by atomic mass is 16.5. The van der Waals surface area contributed by atoms with Gasteiger partial charge in [-0.05, 0) is 36.8 Å². The van der Waals surface area contributed by atoms with E-state index in [1.165, 1.54) is 0 Å². The molecule has 0 saturated heterocycles. The van der Waals surface area contributed by atoms with E-state index in [0.717, 1.165) is 50.7 Å². The van der Waals surface area contributed by atoms with Gasteiger partial charge in [-0.25, -0.2) is 19.2 Å². The maximum absolute atomic E-state index is 12.6. The molecule has 1 aromatic rings. The van der Waals surface area contributed by atoms with Crippen LogP contribution < -0.4 is 0 Å². The monoisotopic (exact) mass is 478 g/mol. The molecule has 0 aliphatic carbocycles. The van der Waals surface area contributed by atoms with Gasteiger partial charge in [0.05, 0.1) is 35.5 Å². The van der Waals surface area contributed by atoms with Crippen molar-refractivity contribution in [3.63, 3.8) is 0 Å². The van der Waals surface area contributed by atoms with E-state index in [-0.39, 0.29) is 24.3 Å². The minimum absolute atomic E-state index is 0.104. The number of aromatic carboxylic acids is 2. The van der Waals surface area contributed by atoms with Crippen molar-refractivity contribution in [1.82, 2.24) is 0 Å². The lowest BCUT2D eigenvalue weighted by molar-refractivity contribution is 0.0478. The molecule has 0 aliphatic rings. The van der Waals surface area contributed by atoms with Crippen LogP contribution in [0.5, 0.6) is 0 Å². The molecule has 34 heavy (non-hydrogen) atoms. The van der Waals surface area contributed by atoms with Crippen molar-refractivity contribution in [3.05, 3.63) is 34.4 Å². The third-order valence-electron chi connectivity index (χ3n) is 5.38. The first kappa shape index (κ1) is 29.1. The third-order valence-corrected chi connectivity index (χ3v) is 5.38. The van der Waals surface area contributed by atoms with Gasteiger partial charge in [-0.3, -0.25) is 0 Å². The number of rotatable bonds is 16. The number of ether oxygens (including phenoxy) is 2. The fourth-order valence-corrected chi connectivity index (χ4v) is 3.44. The summed E-state index contributed by atoms with van der Waals surface area (Å²) >= 11 is 0. The van der Waals surface area contributed by atoms with Crippen LogP contribution in [0.1, 0.15) is 120 Å². The Kier molecular flexibility index (Phi) is 12.9. The second-order valence-electron chi connectivity index (χ2n) is 9.31. The van der Waals surface area contributed by atoms with Crippen LogP contribution in [0.4, 0.5) is 0 Å². The summed E-state index contributed by atoms with van der Waals surface area (Å²) in [6.07, 6.45) is 7.11. The van der Waals surface area contributed by atoms with Gasteiger partial charge in [-0.1, -0.05) is 66.2 Å². The van der Waals surface area contributed by atoms with E-state index in [1.807, 2.05) is 0 Å². The number of carbonyl (C=O) groups excluding carboxylic acids is 2. The standard InChI is InChI=1S/C26H38O8/c1-17(2)11-7-5-9-13-33-25(31)21-16-22(20(24(29)30)15-19(21)23(27)28)26(32)34-14-10-6-8-12-18(3)4/h15-18H,5-14H2,1-4H3,(H,27,28)(H,29,30). The van der Waals surface area contributed by atoms with Gasteiger partial charge in [-0.2, -0.15) is 0 Å². The summed E-state index contributed by atoms with van der Waals surface area (Å²) < 4.78 is 10.4. The van der Waals surface area contributed by atoms with E-state index in [9.17, 15) is 29.4 Å². The minimum atomic E-state index is -1.49. The van der Waals surface area contributed by atoms with Crippen LogP contribution in [0.2, 0.25) is 0 Å². The molecule has 0 radical (unpaired) electrons. The highest BCUT2D eigenvalue weighted by Gasteiger charge is 2.27. The first-order chi connectivity index (χ1) is 16.0. The van der Waals surface area contributed by atoms with Crippen LogP contribution in [-0.4, -0.2) is 47.3 Å². The van der Waals surface area contributed by atoms with Crippen molar-refractivity contribution in [2.75, 3.05) is 13.2 Å². The van der Waals surface area contributed by atoms with Crippen molar-refractivity contribution < 1.29 is 38.9 Å². The van der Waals surface area contributed by atoms with Gasteiger partial charge in [0.1, 0.15) is 0 Å². The molecule has 8 heteroatoms. The van der Waals surface area contributed by atoms with E-state index >= 15 is 0 Å². The van der Waals surface area contributed by atoms with Gasteiger partial charge in [0, 0.05) is 0 Å². The first-order valence-electron chi connectivity index (χ1n) is 12.0. The largest absolute Gasteiger partial charge is 0.478 e. The van der Waals surface area contributed by atoms with Crippen molar-refractivity contribution >= 4 is 23.9 Å². The molecular formula is C26H38O8. The molecular weight excluding hydrogens is 440 g/mol. The highest BCUT2D eigenvalue weighted by molar-refractivity contribution is 6.09. The van der Waals surface area contributed by atoms with Gasteiger partial charge in [-0.15, -0.1) is 0 Å². The van der Waals surface area contributed by atoms with E-state index < -0.39 is 35.0 Å². The van der Waals surface area contributed by atoms with Crippen LogP contribution in [-0.2, 0) is 9.47 Å². The Hall–Kier alpha value is -2.90. The number of hydrogen-bond donors (Lipinski definition) is 2. The molecule has 1 rings (SSSR count). The minimum Gasteiger partial charge on any atom is -0.478 e. The Morgan fingerprint density at radius 3 is 1.29 bits per heavy atom. The van der Waals surface area contributed by atoms with Crippen LogP contribution in [0.15, 0.2) is 12.1 Å². The summed E-state index contributed by atoms with van der Waals surface area (Å²) in [6, 6.07) is 1.76. The van der Waals surface area contributed by atoms with Crippen molar-refractivity contribution in [2.45, 2.75) is 79.1 Å². The number of carbonyl (C=O) groups is 4. The number of carboxylic acids is 2. The summed E-state index contributed by atoms with van der Waals surface area (Å²) in [5.41, 5.74) is -1.81. The summed E-state index contributed by atoms with van der Waals surface area (Å²) in [4.78, 5) is 48.5. The van der Waals surface area contributed by atoms with E-state index in [1.54, 1.807) is 0 Å². The first-order valence-corrected chi connectivity index (χ1v) is 12.0. The molecule has 0 heterocycles. The fraction of sp³-hybridized carbons (Fsp3) is 0.615. The maximum Gasteiger partial charge on any atom is 0.339 e. The van der Waals surface area contributed by atoms with Crippen molar-refractivity contribution in [2.24, 2.45) is 11.8 Å². The zero-order valence-electron chi connectivity index (χ0n) is 20.7. The molecule has 0 saturated carbocycles. The molecule has 0 spiro atoms. The lowest BCUT2D eigenvalue weighted by Gasteiger charge is -2.12. The van der Waals surface area contributed by atoms with Crippen molar-refractivity contribution in [3.8, 4) is 0 Å². The smallest absolute Gasteiger partial charge is 0.339 e. The second kappa shape index (κ2) is 15.1. The zero-order chi connectivity index (χ0) is 25.7. The maximum atomic E-state index is 12.6. The predicted molar refractivity (Wildman–Crippen MR) is 128 cm³/mol. The molecule has 2 N–H and O–H groups in total. The van der Waals surface area contributed by atoms with Gasteiger partial charge < -0.3 is 19.7 Å². The van der Waals surface area contributed by atoms with E-state index in [4.69, 9.17) is 9.47 Å². The number of esters is 2. The van der Waals surface area contributed by atoms with Gasteiger partial charge >= 0.3 is 23.9 Å². The zero-order valence-corrected chi connectivity index (χ0v) is 20.7. The van der Waals surface area contributed by atoms with E-state index in [0.29, 0.717) is 24.7 Å². The van der Waals surface area contributed by atoms with Crippen molar-refractivity contribution in [1.29, 1.82) is 0 Å². The summed E-state index contributed by atoms with van der Waals surface area (Å²) in [5.74, 6) is -3.63. The molecule has 0 unspecified atom stereocenters. The topological polar surface area (TPSA) is 127 Å². The van der Waals surface area contributed by atoms with Gasteiger partial charge in [0.25, 0.3) is 0 Å². The van der Waals surface area contributed by atoms with Crippen LogP contribution >= 0.6 is 0 Å². The number of carboxylic acid groups (broad SMARTS) is 2. The van der Waals surface area contributed by atoms with Crippen LogP contribution in [0.25, 0.3) is 0 Å². The lowest BCUT2D eigenvalue weighted by atomic mass is 9.98. The molecule has 0 aliphatic heterocycles. The Morgan fingerprint density at radius 2 is 0.971 bits per heavy atom. The Balaban J connectivity index is 2.91. The molecule has 0 amide bonds. The molecule has 0 aromatic heterocycles. The highest BCUT2D eigenvalue weighted by Crippen LogP contribution is 2.21. The molecule has 0 atom stereocenters. The number of hydrogen-bond acceptors (Lipinski definition) is 6.